The van der Waals surface area contributed by atoms with Crippen LogP contribution in [0.25, 0.3) is 11.1 Å². The van der Waals surface area contributed by atoms with Gasteiger partial charge in [-0.15, -0.1) is 0 Å². The van der Waals surface area contributed by atoms with Gasteiger partial charge < -0.3 is 15.0 Å². The van der Waals surface area contributed by atoms with Gasteiger partial charge in [-0.2, -0.15) is 0 Å². The summed E-state index contributed by atoms with van der Waals surface area (Å²) in [5, 5.41) is 19.6. The van der Waals surface area contributed by atoms with Crippen molar-refractivity contribution in [2.75, 3.05) is 0 Å². The van der Waals surface area contributed by atoms with Gasteiger partial charge in [-0.3, -0.25) is 0 Å². The van der Waals surface area contributed by atoms with Crippen LogP contribution in [0.15, 0.2) is 48.5 Å². The zero-order chi connectivity index (χ0) is 12.3. The van der Waals surface area contributed by atoms with Crippen molar-refractivity contribution in [3.05, 3.63) is 54.1 Å². The summed E-state index contributed by atoms with van der Waals surface area (Å²) in [4.78, 5) is 10.4. The van der Waals surface area contributed by atoms with Crippen LogP contribution in [0, 0.1) is 0 Å². The van der Waals surface area contributed by atoms with Gasteiger partial charge in [0, 0.05) is 12.4 Å². The Morgan fingerprint density at radius 3 is 1.88 bits per heavy atom. The molecule has 3 nitrogen and oxygen atoms in total. The predicted octanol–water partition coefficient (Wildman–Crippen LogP) is 1.35. The first kappa shape index (κ1) is 11.2. The molecule has 1 N–H and O–H groups in total. The molecule has 0 aromatic heterocycles. The SMILES string of the molecule is O=C([O-])Cc1ccc(-c2ccc(O)cc2)cc1. The fraction of sp³-hybridized carbons (Fsp3) is 0.0714. The fourth-order valence-electron chi connectivity index (χ4n) is 1.64. The number of aromatic hydroxyl groups is 1. The molecule has 0 atom stereocenters. The number of carboxylic acid groups (broad SMARTS) is 1. The van der Waals surface area contributed by atoms with Crippen molar-refractivity contribution in [2.45, 2.75) is 6.42 Å². The van der Waals surface area contributed by atoms with Gasteiger partial charge in [0.25, 0.3) is 0 Å². The molecule has 17 heavy (non-hydrogen) atoms. The lowest BCUT2D eigenvalue weighted by atomic mass is 10.0. The molecule has 0 radical (unpaired) electrons. The van der Waals surface area contributed by atoms with Gasteiger partial charge in [-0.25, -0.2) is 0 Å². The molecular formula is C14H11O3-. The lowest BCUT2D eigenvalue weighted by Crippen LogP contribution is -2.24. The second-order valence-corrected chi connectivity index (χ2v) is 3.79. The van der Waals surface area contributed by atoms with E-state index in [2.05, 4.69) is 0 Å². The number of carbonyl (C=O) groups excluding carboxylic acids is 1. The lowest BCUT2D eigenvalue weighted by molar-refractivity contribution is -0.304. The third-order valence-electron chi connectivity index (χ3n) is 2.50. The molecule has 0 bridgehead atoms. The predicted molar refractivity (Wildman–Crippen MR) is 62.3 cm³/mol. The zero-order valence-corrected chi connectivity index (χ0v) is 9.09. The van der Waals surface area contributed by atoms with Crippen molar-refractivity contribution in [1.29, 1.82) is 0 Å². The second-order valence-electron chi connectivity index (χ2n) is 3.79. The number of hydrogen-bond donors (Lipinski definition) is 1. The Balaban J connectivity index is 2.23. The molecule has 3 heteroatoms. The van der Waals surface area contributed by atoms with Crippen LogP contribution in [0.3, 0.4) is 0 Å². The summed E-state index contributed by atoms with van der Waals surface area (Å²) in [6.07, 6.45) is -0.0736. The molecule has 0 fully saturated rings. The highest BCUT2D eigenvalue weighted by Crippen LogP contribution is 2.22. The summed E-state index contributed by atoms with van der Waals surface area (Å²) in [7, 11) is 0. The van der Waals surface area contributed by atoms with E-state index in [1.807, 2.05) is 24.3 Å². The highest BCUT2D eigenvalue weighted by Gasteiger charge is 1.98. The van der Waals surface area contributed by atoms with Gasteiger partial charge in [0.1, 0.15) is 5.75 Å². The molecule has 0 unspecified atom stereocenters. The third kappa shape index (κ3) is 2.84. The van der Waals surface area contributed by atoms with E-state index in [-0.39, 0.29) is 12.2 Å². The van der Waals surface area contributed by atoms with Crippen LogP contribution >= 0.6 is 0 Å². The van der Waals surface area contributed by atoms with Crippen LogP contribution in [0.5, 0.6) is 5.75 Å². The van der Waals surface area contributed by atoms with Gasteiger partial charge in [0.15, 0.2) is 0 Å². The van der Waals surface area contributed by atoms with Crippen molar-refractivity contribution < 1.29 is 15.0 Å². The van der Waals surface area contributed by atoms with E-state index in [4.69, 9.17) is 0 Å². The fourth-order valence-corrected chi connectivity index (χ4v) is 1.64. The topological polar surface area (TPSA) is 60.4 Å². The van der Waals surface area contributed by atoms with E-state index in [1.54, 1.807) is 24.3 Å². The third-order valence-corrected chi connectivity index (χ3v) is 2.50. The van der Waals surface area contributed by atoms with E-state index in [9.17, 15) is 15.0 Å². The molecule has 0 saturated heterocycles. The molecule has 0 saturated carbocycles. The number of carboxylic acids is 1. The molecule has 0 amide bonds. The maximum Gasteiger partial charge on any atom is 0.115 e. The van der Waals surface area contributed by atoms with Crippen LogP contribution in [0.2, 0.25) is 0 Å². The Kier molecular flexibility index (Phi) is 3.10. The highest BCUT2D eigenvalue weighted by atomic mass is 16.4. The second kappa shape index (κ2) is 4.70. The smallest absolute Gasteiger partial charge is 0.115 e. The number of phenolic OH excluding ortho intramolecular Hbond substituents is 1. The monoisotopic (exact) mass is 227 g/mol. The Labute approximate surface area is 99.0 Å². The van der Waals surface area contributed by atoms with Crippen LogP contribution < -0.4 is 5.11 Å². The molecule has 0 aliphatic heterocycles. The Hall–Kier alpha value is -2.29. The van der Waals surface area contributed by atoms with Gasteiger partial charge in [0.2, 0.25) is 0 Å². The number of aliphatic carboxylic acids is 1. The summed E-state index contributed by atoms with van der Waals surface area (Å²) in [5.74, 6) is -0.857. The average Bonchev–Trinajstić information content (AvgIpc) is 2.30. The summed E-state index contributed by atoms with van der Waals surface area (Å²) >= 11 is 0. The number of phenols is 1. The molecule has 0 aliphatic rings. The van der Waals surface area contributed by atoms with E-state index in [1.165, 1.54) is 0 Å². The van der Waals surface area contributed by atoms with E-state index >= 15 is 0 Å². The Bertz CT molecular complexity index is 512. The standard InChI is InChI=1S/C14H12O3/c15-13-7-5-12(6-8-13)11-3-1-10(2-4-11)9-14(16)17/h1-8,15H,9H2,(H,16,17)/p-1. The minimum atomic E-state index is -1.08. The highest BCUT2D eigenvalue weighted by molar-refractivity contribution is 5.69. The van der Waals surface area contributed by atoms with Crippen LogP contribution in [0.4, 0.5) is 0 Å². The van der Waals surface area contributed by atoms with E-state index < -0.39 is 5.97 Å². The maximum atomic E-state index is 10.4. The van der Waals surface area contributed by atoms with E-state index in [0.717, 1.165) is 11.1 Å². The van der Waals surface area contributed by atoms with Crippen molar-refractivity contribution >= 4 is 5.97 Å². The van der Waals surface area contributed by atoms with E-state index in [0.29, 0.717) is 5.56 Å². The maximum absolute atomic E-state index is 10.4. The Morgan fingerprint density at radius 2 is 1.41 bits per heavy atom. The average molecular weight is 227 g/mol. The number of hydrogen-bond acceptors (Lipinski definition) is 3. The van der Waals surface area contributed by atoms with Crippen molar-refractivity contribution in [3.63, 3.8) is 0 Å². The molecule has 2 aromatic rings. The van der Waals surface area contributed by atoms with Crippen molar-refractivity contribution in [3.8, 4) is 16.9 Å². The number of carbonyl (C=O) groups is 1. The van der Waals surface area contributed by atoms with Crippen LogP contribution in [-0.2, 0) is 11.2 Å². The van der Waals surface area contributed by atoms with Crippen molar-refractivity contribution in [2.24, 2.45) is 0 Å². The minimum absolute atomic E-state index is 0.0736. The largest absolute Gasteiger partial charge is 0.550 e. The summed E-state index contributed by atoms with van der Waals surface area (Å²) in [5.41, 5.74) is 2.67. The molecule has 86 valence electrons. The number of benzene rings is 2. The lowest BCUT2D eigenvalue weighted by Gasteiger charge is -2.05. The first-order valence-corrected chi connectivity index (χ1v) is 5.23. The zero-order valence-electron chi connectivity index (χ0n) is 9.09. The molecular weight excluding hydrogens is 216 g/mol. The summed E-state index contributed by atoms with van der Waals surface area (Å²) in [6.45, 7) is 0. The van der Waals surface area contributed by atoms with Crippen LogP contribution in [0.1, 0.15) is 5.56 Å². The van der Waals surface area contributed by atoms with Gasteiger partial charge in [0.05, 0.1) is 0 Å². The molecule has 0 aliphatic carbocycles. The summed E-state index contributed by atoms with van der Waals surface area (Å²) in [6, 6.07) is 14.1. The van der Waals surface area contributed by atoms with Gasteiger partial charge in [-0.05, 0) is 28.8 Å². The Morgan fingerprint density at radius 1 is 0.941 bits per heavy atom. The van der Waals surface area contributed by atoms with Gasteiger partial charge in [-0.1, -0.05) is 36.4 Å². The molecule has 0 spiro atoms. The first-order valence-electron chi connectivity index (χ1n) is 5.23. The van der Waals surface area contributed by atoms with Crippen molar-refractivity contribution in [1.82, 2.24) is 0 Å². The van der Waals surface area contributed by atoms with Crippen LogP contribution in [-0.4, -0.2) is 11.1 Å². The molecule has 2 rings (SSSR count). The minimum Gasteiger partial charge on any atom is -0.550 e. The first-order chi connectivity index (χ1) is 8.15. The quantitative estimate of drug-likeness (QED) is 0.861. The van der Waals surface area contributed by atoms with Gasteiger partial charge >= 0.3 is 0 Å². The number of rotatable bonds is 3. The molecule has 0 heterocycles. The normalized spacial score (nSPS) is 10.1. The molecule has 2 aromatic carbocycles. The summed E-state index contributed by atoms with van der Waals surface area (Å²) < 4.78 is 0.